The number of hydrogen-bond donors (Lipinski definition) is 0. The van der Waals surface area contributed by atoms with Crippen LogP contribution in [0.4, 0.5) is 0 Å². The lowest BCUT2D eigenvalue weighted by molar-refractivity contribution is 0.673. The van der Waals surface area contributed by atoms with Crippen LogP contribution in [0.25, 0.3) is 262 Å². The van der Waals surface area contributed by atoms with Gasteiger partial charge in [0.25, 0.3) is 0 Å². The summed E-state index contributed by atoms with van der Waals surface area (Å²) in [5, 5.41) is 71.2. The van der Waals surface area contributed by atoms with Crippen molar-refractivity contribution in [1.29, 1.82) is 21.0 Å². The predicted octanol–water partition coefficient (Wildman–Crippen LogP) is 32.2. The first kappa shape index (κ1) is 77.4. The fourth-order valence-corrected chi connectivity index (χ4v) is 24.7. The molecule has 0 atom stereocenters. The Morgan fingerprint density at radius 3 is 0.727 bits per heavy atom. The summed E-state index contributed by atoms with van der Waals surface area (Å²) >= 11 is 1.78. The number of nitrogens with zero attached hydrogens (tertiary/aromatic N) is 12. The molecule has 0 aliphatic rings. The van der Waals surface area contributed by atoms with Gasteiger partial charge >= 0.3 is 0 Å². The highest BCUT2D eigenvalue weighted by molar-refractivity contribution is 7.25. The first-order chi connectivity index (χ1) is 68.8. The number of para-hydroxylation sites is 14. The van der Waals surface area contributed by atoms with E-state index in [0.29, 0.717) is 67.8 Å². The summed E-state index contributed by atoms with van der Waals surface area (Å²) in [6, 6.07) is 153. The Kier molecular flexibility index (Phi) is 16.4. The van der Waals surface area contributed by atoms with E-state index in [9.17, 15) is 21.0 Å². The van der Waals surface area contributed by atoms with Crippen LogP contribution in [0.3, 0.4) is 0 Å². The summed E-state index contributed by atoms with van der Waals surface area (Å²) in [5.41, 5.74) is 24.1. The number of nitriles is 4. The number of benzene rings is 20. The van der Waals surface area contributed by atoms with Crippen LogP contribution in [0, 0.1) is 52.2 Å². The van der Waals surface area contributed by atoms with E-state index in [1.165, 1.54) is 15.5 Å². The lowest BCUT2D eigenvalue weighted by Gasteiger charge is -2.27. The molecule has 30 aromatic rings. The number of rotatable bonds is 8. The summed E-state index contributed by atoms with van der Waals surface area (Å²) in [7, 11) is 0. The molecule has 0 bridgehead atoms. The summed E-state index contributed by atoms with van der Waals surface area (Å²) in [4.78, 5) is 0. The third-order valence-electron chi connectivity index (χ3n) is 29.1. The highest BCUT2D eigenvalue weighted by Gasteiger charge is 2.39. The van der Waals surface area contributed by atoms with Gasteiger partial charge in [0.05, 0.1) is 139 Å². The Bertz CT molecular complexity index is 10600. The molecule has 10 aromatic heterocycles. The van der Waals surface area contributed by atoms with Crippen LogP contribution in [0.1, 0.15) is 27.8 Å². The zero-order chi connectivity index (χ0) is 91.8. The number of fused-ring (bicyclic) bond motifs is 31. The second kappa shape index (κ2) is 29.4. The normalized spacial score (nSPS) is 12.0. The van der Waals surface area contributed by atoms with Crippen LogP contribution in [0.5, 0.6) is 0 Å². The Morgan fingerprint density at radius 2 is 0.424 bits per heavy atom. The molecule has 0 aliphatic carbocycles. The lowest BCUT2D eigenvalue weighted by atomic mass is 9.98. The molecule has 0 fully saturated rings. The number of hydrogen-bond acceptors (Lipinski definition) is 6. The molecule has 642 valence electrons. The van der Waals surface area contributed by atoms with Crippen molar-refractivity contribution in [3.05, 3.63) is 434 Å². The Labute approximate surface area is 795 Å². The average molecular weight is 1790 g/mol. The molecule has 0 unspecified atom stereocenters. The standard InChI is InChI=1S/C63H36N6O.C62H34N6S/c1-37-30-32-55-46(34-37)58-56(33-31-45-44-22-8-15-29-57(44)70-63(45)58)69(55)62-48(36-65)60(67-51-25-11-4-18-40(51)41-19-5-12-26-52(41)67)59(66-49-23-9-2-16-38(49)39-17-3-10-24-50(39)66)47(35-64)61(62)68-53-27-13-6-20-42(53)43-21-7-14-28-54(43)68;63-35-47-59(65-49-25-9-1-17-37(49)38-18-2-10-26-50(38)65)60(66-51-27-11-3-19-39(51)40-20-4-12-28-52(40)66)48(36-64)62(61(47)67-53-29-13-5-21-41(53)42-22-6-14-30-54(42)67)68-55-31-15-7-23-43(55)45-33-46-44-24-8-16-32-57(44)69-58(46)34-56(45)68/h2-34H,1H3;1-34H. The number of aromatic nitrogens is 8. The maximum atomic E-state index is 12.6. The highest BCUT2D eigenvalue weighted by Crippen LogP contribution is 2.54. The van der Waals surface area contributed by atoms with Gasteiger partial charge in [-0.05, 0) is 134 Å². The van der Waals surface area contributed by atoms with E-state index in [4.69, 9.17) is 4.42 Å². The van der Waals surface area contributed by atoms with Crippen molar-refractivity contribution >= 4 is 228 Å². The van der Waals surface area contributed by atoms with Crippen molar-refractivity contribution < 1.29 is 4.42 Å². The zero-order valence-corrected chi connectivity index (χ0v) is 75.2. The van der Waals surface area contributed by atoms with Crippen LogP contribution >= 0.6 is 11.3 Å². The monoisotopic (exact) mass is 1790 g/mol. The van der Waals surface area contributed by atoms with E-state index in [1.54, 1.807) is 11.3 Å². The van der Waals surface area contributed by atoms with Crippen molar-refractivity contribution in [2.75, 3.05) is 0 Å². The molecule has 0 spiro atoms. The summed E-state index contributed by atoms with van der Waals surface area (Å²) in [6.07, 6.45) is 0. The topological polar surface area (TPSA) is 148 Å². The van der Waals surface area contributed by atoms with E-state index >= 15 is 0 Å². The molecular weight excluding hydrogens is 1720 g/mol. The van der Waals surface area contributed by atoms with Crippen molar-refractivity contribution in [1.82, 2.24) is 36.5 Å². The Balaban J connectivity index is 0.000000134. The van der Waals surface area contributed by atoms with Crippen LogP contribution in [-0.4, -0.2) is 36.5 Å². The molecule has 0 N–H and O–H groups in total. The maximum absolute atomic E-state index is 12.6. The van der Waals surface area contributed by atoms with Gasteiger partial charge in [0.2, 0.25) is 0 Å². The minimum absolute atomic E-state index is 0.406. The molecule has 139 heavy (non-hydrogen) atoms. The number of aryl methyl sites for hydroxylation is 1. The van der Waals surface area contributed by atoms with Crippen LogP contribution in [-0.2, 0) is 0 Å². The summed E-state index contributed by atoms with van der Waals surface area (Å²) in [5.74, 6) is 0. The molecule has 10 heterocycles. The van der Waals surface area contributed by atoms with Crippen molar-refractivity contribution in [3.8, 4) is 69.8 Å². The van der Waals surface area contributed by atoms with Crippen LogP contribution in [0.15, 0.2) is 411 Å². The van der Waals surface area contributed by atoms with E-state index in [1.807, 2.05) is 18.2 Å². The Morgan fingerprint density at radius 1 is 0.187 bits per heavy atom. The zero-order valence-electron chi connectivity index (χ0n) is 74.4. The van der Waals surface area contributed by atoms with Gasteiger partial charge < -0.3 is 41.0 Å². The highest BCUT2D eigenvalue weighted by atomic mass is 32.1. The molecule has 0 saturated heterocycles. The molecule has 20 aromatic carbocycles. The number of furan rings is 1. The van der Waals surface area contributed by atoms with Crippen molar-refractivity contribution in [2.24, 2.45) is 0 Å². The van der Waals surface area contributed by atoms with Gasteiger partial charge in [-0.1, -0.05) is 285 Å². The summed E-state index contributed by atoms with van der Waals surface area (Å²) in [6.45, 7) is 2.11. The average Bonchev–Trinajstić information content (AvgIpc) is 1.54. The lowest BCUT2D eigenvalue weighted by Crippen LogP contribution is -2.16. The second-order valence-electron chi connectivity index (χ2n) is 36.1. The fourth-order valence-electron chi connectivity index (χ4n) is 23.6. The first-order valence-corrected chi connectivity index (χ1v) is 47.4. The summed E-state index contributed by atoms with van der Waals surface area (Å²) < 4.78 is 27.2. The van der Waals surface area contributed by atoms with Gasteiger partial charge in [-0.2, -0.15) is 21.0 Å². The van der Waals surface area contributed by atoms with Gasteiger partial charge in [0.15, 0.2) is 0 Å². The van der Waals surface area contributed by atoms with Crippen LogP contribution in [0.2, 0.25) is 0 Å². The van der Waals surface area contributed by atoms with Gasteiger partial charge in [-0.15, -0.1) is 11.3 Å². The third-order valence-corrected chi connectivity index (χ3v) is 30.2. The second-order valence-corrected chi connectivity index (χ2v) is 37.1. The molecular formula is C125H70N12OS. The predicted molar refractivity (Wildman–Crippen MR) is 571 cm³/mol. The van der Waals surface area contributed by atoms with Crippen molar-refractivity contribution in [3.63, 3.8) is 0 Å². The molecule has 13 nitrogen and oxygen atoms in total. The van der Waals surface area contributed by atoms with Gasteiger partial charge in [0, 0.05) is 112 Å². The van der Waals surface area contributed by atoms with E-state index < -0.39 is 0 Å². The quantitative estimate of drug-likeness (QED) is 0.149. The molecule has 0 radical (unpaired) electrons. The minimum atomic E-state index is 0.406. The van der Waals surface area contributed by atoms with Gasteiger partial charge in [-0.3, -0.25) is 0 Å². The SMILES string of the molecule is Cc1ccc2c(c1)c1c3oc4ccccc4c3ccc1n2-c1c(C#N)c(-n2c3ccccc3c3ccccc32)c(-n2c3ccccc3c3ccccc32)c(C#N)c1-n1c2ccccc2c2ccccc21.N#Cc1c(-n2c3ccccc3c3ccccc32)c(-n2c3ccccc3c3ccccc32)c(C#N)c(-n2c3ccccc3c3cc4c(cc32)sc2ccccc24)c1-n1c2ccccc2c2ccccc21. The van der Waals surface area contributed by atoms with Crippen LogP contribution < -0.4 is 0 Å². The van der Waals surface area contributed by atoms with E-state index in [0.717, 1.165) is 207 Å². The minimum Gasteiger partial charge on any atom is -0.455 e. The molecule has 14 heteroatoms. The molecule has 0 aliphatic heterocycles. The molecule has 0 saturated carbocycles. The van der Waals surface area contributed by atoms with Gasteiger partial charge in [0.1, 0.15) is 57.7 Å². The fraction of sp³-hybridized carbons (Fsp3) is 0.00800. The maximum Gasteiger partial charge on any atom is 0.145 e. The van der Waals surface area contributed by atoms with E-state index in [2.05, 4.69) is 456 Å². The Hall–Kier alpha value is -19.2. The van der Waals surface area contributed by atoms with Gasteiger partial charge in [-0.25, -0.2) is 0 Å². The van der Waals surface area contributed by atoms with Crippen molar-refractivity contribution in [2.45, 2.75) is 6.92 Å². The molecule has 0 amide bonds. The first-order valence-electron chi connectivity index (χ1n) is 46.5. The smallest absolute Gasteiger partial charge is 0.145 e. The third kappa shape index (κ3) is 10.6. The largest absolute Gasteiger partial charge is 0.455 e. The number of thiophene rings is 1. The van der Waals surface area contributed by atoms with E-state index in [-0.39, 0.29) is 0 Å². The molecule has 30 rings (SSSR count).